The summed E-state index contributed by atoms with van der Waals surface area (Å²) in [6.45, 7) is -1.83. The number of alkyl halides is 2. The molecular formula is C19H21F2N3O4. The number of anilines is 1. The largest absolute Gasteiger partial charge is 0.435 e. The van der Waals surface area contributed by atoms with Gasteiger partial charge in [-0.1, -0.05) is 12.1 Å². The molecule has 0 aromatic heterocycles. The molecule has 2 aromatic rings. The van der Waals surface area contributed by atoms with Gasteiger partial charge in [0.2, 0.25) is 5.91 Å². The summed E-state index contributed by atoms with van der Waals surface area (Å²) in [5, 5.41) is 16.5. The number of carbonyl (C=O) groups is 1. The molecule has 0 spiro atoms. The molecule has 0 aliphatic heterocycles. The smallest absolute Gasteiger partial charge is 0.387 e. The summed E-state index contributed by atoms with van der Waals surface area (Å²) in [4.78, 5) is 21.9. The van der Waals surface area contributed by atoms with Gasteiger partial charge in [0.1, 0.15) is 5.75 Å². The van der Waals surface area contributed by atoms with Crippen molar-refractivity contribution in [2.45, 2.75) is 25.9 Å². The van der Waals surface area contributed by atoms with Crippen LogP contribution in [-0.2, 0) is 11.2 Å². The molecule has 2 rings (SSSR count). The van der Waals surface area contributed by atoms with E-state index in [9.17, 15) is 23.7 Å². The summed E-state index contributed by atoms with van der Waals surface area (Å²) in [7, 11) is 0. The third-order valence-corrected chi connectivity index (χ3v) is 3.87. The second-order valence-electron chi connectivity index (χ2n) is 5.96. The highest BCUT2D eigenvalue weighted by molar-refractivity contribution is 5.75. The maximum Gasteiger partial charge on any atom is 0.387 e. The number of hydrogen-bond acceptors (Lipinski definition) is 5. The number of carbonyl (C=O) groups excluding carboxylic acids is 1. The van der Waals surface area contributed by atoms with Gasteiger partial charge in [0.25, 0.3) is 5.69 Å². The van der Waals surface area contributed by atoms with Crippen LogP contribution in [0.3, 0.4) is 0 Å². The number of non-ortho nitro benzene ring substituents is 1. The highest BCUT2D eigenvalue weighted by atomic mass is 19.3. The first-order valence-electron chi connectivity index (χ1n) is 8.73. The van der Waals surface area contributed by atoms with Crippen molar-refractivity contribution >= 4 is 17.3 Å². The number of benzene rings is 2. The minimum Gasteiger partial charge on any atom is -0.435 e. The summed E-state index contributed by atoms with van der Waals surface area (Å²) < 4.78 is 28.4. The quantitative estimate of drug-likeness (QED) is 0.345. The minimum absolute atomic E-state index is 0.0288. The first-order valence-corrected chi connectivity index (χ1v) is 8.73. The highest BCUT2D eigenvalue weighted by Crippen LogP contribution is 2.16. The molecule has 0 saturated carbocycles. The van der Waals surface area contributed by atoms with E-state index in [1.54, 1.807) is 24.3 Å². The Hall–Kier alpha value is -3.23. The van der Waals surface area contributed by atoms with Crippen LogP contribution in [0.2, 0.25) is 0 Å². The van der Waals surface area contributed by atoms with E-state index in [-0.39, 0.29) is 17.3 Å². The molecular weight excluding hydrogens is 372 g/mol. The van der Waals surface area contributed by atoms with Gasteiger partial charge in [0.15, 0.2) is 0 Å². The first-order chi connectivity index (χ1) is 13.4. The third-order valence-electron chi connectivity index (χ3n) is 3.87. The lowest BCUT2D eigenvalue weighted by atomic mass is 10.1. The van der Waals surface area contributed by atoms with Crippen molar-refractivity contribution in [3.05, 3.63) is 64.2 Å². The lowest BCUT2D eigenvalue weighted by Crippen LogP contribution is -2.25. The first kappa shape index (κ1) is 21.1. The second-order valence-corrected chi connectivity index (χ2v) is 5.96. The molecule has 9 heteroatoms. The Morgan fingerprint density at radius 1 is 1.07 bits per heavy atom. The molecule has 2 aromatic carbocycles. The fourth-order valence-corrected chi connectivity index (χ4v) is 2.45. The van der Waals surface area contributed by atoms with Crippen molar-refractivity contribution in [3.8, 4) is 5.75 Å². The molecule has 0 unspecified atom stereocenters. The topological polar surface area (TPSA) is 93.5 Å². The summed E-state index contributed by atoms with van der Waals surface area (Å²) in [6.07, 6.45) is 1.55. The third kappa shape index (κ3) is 7.56. The van der Waals surface area contributed by atoms with Gasteiger partial charge in [-0.15, -0.1) is 0 Å². The normalized spacial score (nSPS) is 10.5. The fourth-order valence-electron chi connectivity index (χ4n) is 2.45. The van der Waals surface area contributed by atoms with E-state index in [0.717, 1.165) is 11.3 Å². The number of nitro groups is 1. The number of ether oxygens (including phenoxy) is 1. The van der Waals surface area contributed by atoms with Crippen molar-refractivity contribution in [1.29, 1.82) is 0 Å². The van der Waals surface area contributed by atoms with E-state index < -0.39 is 11.5 Å². The van der Waals surface area contributed by atoms with Crippen molar-refractivity contribution in [2.75, 3.05) is 18.4 Å². The number of nitrogens with zero attached hydrogens (tertiary/aromatic N) is 1. The second kappa shape index (κ2) is 10.8. The van der Waals surface area contributed by atoms with Gasteiger partial charge in [-0.3, -0.25) is 14.9 Å². The molecule has 150 valence electrons. The van der Waals surface area contributed by atoms with E-state index in [1.165, 1.54) is 24.3 Å². The average molecular weight is 393 g/mol. The van der Waals surface area contributed by atoms with Crippen LogP contribution in [0.4, 0.5) is 20.2 Å². The number of rotatable bonds is 11. The Labute approximate surface area is 160 Å². The molecule has 28 heavy (non-hydrogen) atoms. The van der Waals surface area contributed by atoms with Gasteiger partial charge in [0.05, 0.1) is 4.92 Å². The molecule has 0 bridgehead atoms. The molecule has 0 atom stereocenters. The van der Waals surface area contributed by atoms with Crippen molar-refractivity contribution in [2.24, 2.45) is 0 Å². The lowest BCUT2D eigenvalue weighted by Gasteiger charge is -2.08. The number of hydrogen-bond donors (Lipinski definition) is 2. The number of halogens is 2. The Morgan fingerprint density at radius 3 is 2.36 bits per heavy atom. The van der Waals surface area contributed by atoms with Gasteiger partial charge in [-0.25, -0.2) is 0 Å². The van der Waals surface area contributed by atoms with E-state index in [0.29, 0.717) is 32.4 Å². The van der Waals surface area contributed by atoms with E-state index >= 15 is 0 Å². The predicted molar refractivity (Wildman–Crippen MR) is 101 cm³/mol. The summed E-state index contributed by atoms with van der Waals surface area (Å²) in [6, 6.07) is 12.4. The van der Waals surface area contributed by atoms with Crippen LogP contribution >= 0.6 is 0 Å². The van der Waals surface area contributed by atoms with Crippen LogP contribution in [0.15, 0.2) is 48.5 Å². The highest BCUT2D eigenvalue weighted by Gasteiger charge is 2.05. The van der Waals surface area contributed by atoms with E-state index in [2.05, 4.69) is 15.4 Å². The molecule has 1 amide bonds. The predicted octanol–water partition coefficient (Wildman–Crippen LogP) is 3.75. The zero-order valence-electron chi connectivity index (χ0n) is 15.1. The monoisotopic (exact) mass is 393 g/mol. The fraction of sp³-hybridized carbons (Fsp3) is 0.316. The van der Waals surface area contributed by atoms with Crippen LogP contribution in [0, 0.1) is 10.1 Å². The van der Waals surface area contributed by atoms with Crippen LogP contribution in [0.1, 0.15) is 18.4 Å². The molecule has 7 nitrogen and oxygen atoms in total. The number of nitrogens with one attached hydrogen (secondary N) is 2. The molecule has 0 aliphatic rings. The Morgan fingerprint density at radius 2 is 1.75 bits per heavy atom. The molecule has 2 N–H and O–H groups in total. The average Bonchev–Trinajstić information content (AvgIpc) is 2.66. The molecule has 0 fully saturated rings. The molecule has 0 saturated heterocycles. The number of nitro benzene ring substituents is 1. The van der Waals surface area contributed by atoms with Gasteiger partial charge >= 0.3 is 6.61 Å². The maximum atomic E-state index is 12.1. The SMILES string of the molecule is O=C(CCCNc1ccc([N+](=O)[O-])cc1)NCCc1ccc(OC(F)F)cc1. The van der Waals surface area contributed by atoms with Crippen LogP contribution in [-0.4, -0.2) is 30.5 Å². The van der Waals surface area contributed by atoms with Gasteiger partial charge in [0, 0.05) is 37.3 Å². The summed E-state index contributed by atoms with van der Waals surface area (Å²) in [5.41, 5.74) is 1.69. The maximum absolute atomic E-state index is 12.1. The minimum atomic E-state index is -2.85. The zero-order valence-corrected chi connectivity index (χ0v) is 15.1. The van der Waals surface area contributed by atoms with Gasteiger partial charge < -0.3 is 15.4 Å². The molecule has 0 aliphatic carbocycles. The Bertz CT molecular complexity index is 768. The van der Waals surface area contributed by atoms with Crippen molar-refractivity contribution in [3.63, 3.8) is 0 Å². The van der Waals surface area contributed by atoms with Crippen LogP contribution < -0.4 is 15.4 Å². The summed E-state index contributed by atoms with van der Waals surface area (Å²) in [5.74, 6) is 0.0199. The van der Waals surface area contributed by atoms with Crippen LogP contribution in [0.5, 0.6) is 5.75 Å². The van der Waals surface area contributed by atoms with E-state index in [1.807, 2.05) is 0 Å². The van der Waals surface area contributed by atoms with Crippen molar-refractivity contribution in [1.82, 2.24) is 5.32 Å². The van der Waals surface area contributed by atoms with Gasteiger partial charge in [-0.05, 0) is 42.7 Å². The van der Waals surface area contributed by atoms with E-state index in [4.69, 9.17) is 0 Å². The van der Waals surface area contributed by atoms with Crippen LogP contribution in [0.25, 0.3) is 0 Å². The number of amides is 1. The Kier molecular flexibility index (Phi) is 8.13. The lowest BCUT2D eigenvalue weighted by molar-refractivity contribution is -0.384. The van der Waals surface area contributed by atoms with Gasteiger partial charge in [-0.2, -0.15) is 8.78 Å². The Balaban J connectivity index is 1.59. The zero-order chi connectivity index (χ0) is 20.4. The summed E-state index contributed by atoms with van der Waals surface area (Å²) >= 11 is 0. The van der Waals surface area contributed by atoms with Crippen molar-refractivity contribution < 1.29 is 23.2 Å². The molecule has 0 radical (unpaired) electrons. The standard InChI is InChI=1S/C19H21F2N3O4/c20-19(21)28-17-9-3-14(4-10-17)11-13-23-18(25)2-1-12-22-15-5-7-16(8-6-15)24(26)27/h3-10,19,22H,1-2,11-13H2,(H,23,25). The molecule has 0 heterocycles.